The fraction of sp³-hybridized carbons (Fsp3) is 0. The molecule has 0 bridgehead atoms. The molecule has 3 aromatic heterocycles. The maximum absolute atomic E-state index is 7.49. The number of allylic oxidation sites excluding steroid dienone is 1. The summed E-state index contributed by atoms with van der Waals surface area (Å²) in [5, 5.41) is 18.7. The minimum atomic E-state index is 0.615. The van der Waals surface area contributed by atoms with Crippen LogP contribution in [0.25, 0.3) is 39.0 Å². The maximum Gasteiger partial charge on any atom is 0.161 e. The van der Waals surface area contributed by atoms with Crippen LogP contribution in [-0.4, -0.2) is 31.4 Å². The third kappa shape index (κ3) is 3.72. The molecule has 8 nitrogen and oxygen atoms in total. The second kappa shape index (κ2) is 8.19. The van der Waals surface area contributed by atoms with Crippen LogP contribution in [0.1, 0.15) is 5.69 Å². The zero-order valence-electron chi connectivity index (χ0n) is 17.0. The Morgan fingerprint density at radius 2 is 1.84 bits per heavy atom. The summed E-state index contributed by atoms with van der Waals surface area (Å²) in [5.74, 6) is 1.32. The van der Waals surface area contributed by atoms with Gasteiger partial charge < -0.3 is 21.4 Å². The van der Waals surface area contributed by atoms with Crippen molar-refractivity contribution < 1.29 is 0 Å². The second-order valence-corrected chi connectivity index (χ2v) is 7.21. The Hall–Kier alpha value is -4.72. The van der Waals surface area contributed by atoms with Crippen molar-refractivity contribution in [1.82, 2.24) is 25.1 Å². The zero-order chi connectivity index (χ0) is 21.9. The molecule has 0 aliphatic rings. The monoisotopic (exact) mass is 420 g/mol. The van der Waals surface area contributed by atoms with Gasteiger partial charge in [0, 0.05) is 63.8 Å². The van der Waals surface area contributed by atoms with E-state index in [1.807, 2.05) is 60.8 Å². The SMILES string of the molecule is N=C/C(=C\N)c1cc2ccc(-c3nccc(Nc4ccc(-c5cn[nH]c5)cc4)n3)cc2[nH]1. The topological polar surface area (TPSA) is 132 Å². The molecule has 0 aliphatic heterocycles. The summed E-state index contributed by atoms with van der Waals surface area (Å²) < 4.78 is 0. The van der Waals surface area contributed by atoms with Gasteiger partial charge in [0.1, 0.15) is 5.82 Å². The lowest BCUT2D eigenvalue weighted by Gasteiger charge is -2.08. The van der Waals surface area contributed by atoms with Crippen LogP contribution in [0.5, 0.6) is 0 Å². The third-order valence-corrected chi connectivity index (χ3v) is 5.17. The van der Waals surface area contributed by atoms with Crippen LogP contribution >= 0.6 is 0 Å². The van der Waals surface area contributed by atoms with Gasteiger partial charge in [-0.05, 0) is 35.9 Å². The number of rotatable bonds is 6. The van der Waals surface area contributed by atoms with Crippen molar-refractivity contribution in [1.29, 1.82) is 5.41 Å². The van der Waals surface area contributed by atoms with Gasteiger partial charge in [-0.3, -0.25) is 5.10 Å². The van der Waals surface area contributed by atoms with Gasteiger partial charge >= 0.3 is 0 Å². The average Bonchev–Trinajstić information content (AvgIpc) is 3.50. The van der Waals surface area contributed by atoms with E-state index in [0.717, 1.165) is 39.0 Å². The number of aromatic nitrogens is 5. The molecule has 0 fully saturated rings. The Labute approximate surface area is 183 Å². The molecule has 3 heterocycles. The molecule has 0 atom stereocenters. The largest absolute Gasteiger partial charge is 0.404 e. The minimum Gasteiger partial charge on any atom is -0.404 e. The van der Waals surface area contributed by atoms with Crippen LogP contribution in [0.15, 0.2) is 79.4 Å². The molecule has 8 heteroatoms. The number of hydrogen-bond acceptors (Lipinski definition) is 6. The quantitative estimate of drug-likeness (QED) is 0.254. The van der Waals surface area contributed by atoms with Gasteiger partial charge in [0.05, 0.1) is 6.20 Å². The highest BCUT2D eigenvalue weighted by Gasteiger charge is 2.08. The Morgan fingerprint density at radius 3 is 2.59 bits per heavy atom. The zero-order valence-corrected chi connectivity index (χ0v) is 17.0. The summed E-state index contributed by atoms with van der Waals surface area (Å²) in [4.78, 5) is 12.4. The standard InChI is InChI=1S/C24H20N8/c25-11-18(12-26)22-9-16-1-2-17(10-21(16)31-22)24-27-8-7-23(32-24)30-20-5-3-15(4-6-20)19-13-28-29-14-19/h1-14,25,31H,26H2,(H,28,29)(H,27,30,32)/b18-12+,25-11?. The van der Waals surface area contributed by atoms with Gasteiger partial charge in [-0.25, -0.2) is 9.97 Å². The highest BCUT2D eigenvalue weighted by Crippen LogP contribution is 2.26. The molecule has 0 amide bonds. The molecule has 0 unspecified atom stereocenters. The second-order valence-electron chi connectivity index (χ2n) is 7.21. The fourth-order valence-electron chi connectivity index (χ4n) is 3.51. The normalized spacial score (nSPS) is 11.6. The first-order chi connectivity index (χ1) is 15.7. The molecule has 0 spiro atoms. The van der Waals surface area contributed by atoms with Crippen LogP contribution in [0.4, 0.5) is 11.5 Å². The predicted octanol–water partition coefficient (Wildman–Crippen LogP) is 4.71. The summed E-state index contributed by atoms with van der Waals surface area (Å²) in [5.41, 5.74) is 11.9. The lowest BCUT2D eigenvalue weighted by Crippen LogP contribution is -1.96. The van der Waals surface area contributed by atoms with Crippen molar-refractivity contribution in [3.8, 4) is 22.5 Å². The molecule has 32 heavy (non-hydrogen) atoms. The molecule has 0 aliphatic carbocycles. The van der Waals surface area contributed by atoms with E-state index in [4.69, 9.17) is 11.1 Å². The minimum absolute atomic E-state index is 0.615. The lowest BCUT2D eigenvalue weighted by atomic mass is 10.1. The Kier molecular flexibility index (Phi) is 4.93. The summed E-state index contributed by atoms with van der Waals surface area (Å²) in [6, 6.07) is 17.8. The Morgan fingerprint density at radius 1 is 1.00 bits per heavy atom. The van der Waals surface area contributed by atoms with E-state index >= 15 is 0 Å². The van der Waals surface area contributed by atoms with Crippen LogP contribution in [0.2, 0.25) is 0 Å². The van der Waals surface area contributed by atoms with Gasteiger partial charge in [0.2, 0.25) is 0 Å². The smallest absolute Gasteiger partial charge is 0.161 e. The number of aromatic amines is 2. The van der Waals surface area contributed by atoms with Gasteiger partial charge in [-0.2, -0.15) is 5.10 Å². The first-order valence-electron chi connectivity index (χ1n) is 9.98. The average molecular weight is 420 g/mol. The summed E-state index contributed by atoms with van der Waals surface area (Å²) in [6.45, 7) is 0. The van der Waals surface area contributed by atoms with Gasteiger partial charge in [0.25, 0.3) is 0 Å². The van der Waals surface area contributed by atoms with E-state index in [2.05, 4.69) is 30.5 Å². The first-order valence-corrected chi connectivity index (χ1v) is 9.98. The van der Waals surface area contributed by atoms with Crippen LogP contribution in [0.3, 0.4) is 0 Å². The number of nitrogens with one attached hydrogen (secondary N) is 4. The molecule has 5 aromatic rings. The molecule has 0 saturated heterocycles. The maximum atomic E-state index is 7.49. The third-order valence-electron chi connectivity index (χ3n) is 5.17. The van der Waals surface area contributed by atoms with E-state index in [1.165, 1.54) is 12.4 Å². The number of nitrogens with zero attached hydrogens (tertiary/aromatic N) is 3. The van der Waals surface area contributed by atoms with Gasteiger partial charge in [-0.1, -0.05) is 24.3 Å². The van der Waals surface area contributed by atoms with Crippen molar-refractivity contribution in [3.05, 3.63) is 85.1 Å². The van der Waals surface area contributed by atoms with Crippen molar-refractivity contribution in [3.63, 3.8) is 0 Å². The number of hydrogen-bond donors (Lipinski definition) is 5. The van der Waals surface area contributed by atoms with Crippen molar-refractivity contribution in [2.75, 3.05) is 5.32 Å². The molecular weight excluding hydrogens is 400 g/mol. The number of anilines is 2. The van der Waals surface area contributed by atoms with E-state index < -0.39 is 0 Å². The van der Waals surface area contributed by atoms with E-state index in [0.29, 0.717) is 17.2 Å². The van der Waals surface area contributed by atoms with Gasteiger partial charge in [0.15, 0.2) is 5.82 Å². The predicted molar refractivity (Wildman–Crippen MR) is 128 cm³/mol. The Bertz CT molecular complexity index is 1410. The lowest BCUT2D eigenvalue weighted by molar-refractivity contribution is 1.09. The summed E-state index contributed by atoms with van der Waals surface area (Å²) >= 11 is 0. The van der Waals surface area contributed by atoms with Crippen molar-refractivity contribution in [2.24, 2.45) is 5.73 Å². The summed E-state index contributed by atoms with van der Waals surface area (Å²) in [6.07, 6.45) is 8.03. The molecule has 6 N–H and O–H groups in total. The number of benzene rings is 2. The molecule has 5 rings (SSSR count). The summed E-state index contributed by atoms with van der Waals surface area (Å²) in [7, 11) is 0. The number of nitrogens with two attached hydrogens (primary N) is 1. The number of fused-ring (bicyclic) bond motifs is 1. The van der Waals surface area contributed by atoms with Crippen LogP contribution in [0, 0.1) is 5.41 Å². The first kappa shape index (κ1) is 19.3. The van der Waals surface area contributed by atoms with Gasteiger partial charge in [-0.15, -0.1) is 0 Å². The molecule has 0 radical (unpaired) electrons. The number of H-pyrrole nitrogens is 2. The molecule has 0 saturated carbocycles. The Balaban J connectivity index is 1.40. The fourth-order valence-corrected chi connectivity index (χ4v) is 3.51. The van der Waals surface area contributed by atoms with E-state index in [1.54, 1.807) is 12.4 Å². The van der Waals surface area contributed by atoms with Crippen molar-refractivity contribution >= 4 is 34.2 Å². The van der Waals surface area contributed by atoms with Crippen LogP contribution < -0.4 is 11.1 Å². The van der Waals surface area contributed by atoms with E-state index in [9.17, 15) is 0 Å². The molecule has 156 valence electrons. The highest BCUT2D eigenvalue weighted by atomic mass is 15.1. The molecular formula is C24H20N8. The van der Waals surface area contributed by atoms with Crippen LogP contribution in [-0.2, 0) is 0 Å². The molecule has 2 aromatic carbocycles. The van der Waals surface area contributed by atoms with E-state index in [-0.39, 0.29) is 0 Å². The highest BCUT2D eigenvalue weighted by molar-refractivity contribution is 6.09. The van der Waals surface area contributed by atoms with Crippen molar-refractivity contribution in [2.45, 2.75) is 0 Å².